The van der Waals surface area contributed by atoms with E-state index in [9.17, 15) is 0 Å². The van der Waals surface area contributed by atoms with Crippen LogP contribution in [0.2, 0.25) is 0 Å². The van der Waals surface area contributed by atoms with Gasteiger partial charge in [-0.3, -0.25) is 4.90 Å². The molecule has 2 aliphatic rings. The molecule has 1 fully saturated rings. The van der Waals surface area contributed by atoms with Crippen LogP contribution in [0.25, 0.3) is 0 Å². The third-order valence-electron chi connectivity index (χ3n) is 4.79. The number of rotatable bonds is 8. The molecular formula is C19H31IN4O3. The van der Waals surface area contributed by atoms with Crippen LogP contribution in [0.15, 0.2) is 23.2 Å². The number of fused-ring (bicyclic) bond motifs is 1. The Balaban J connectivity index is 0.00000261. The minimum absolute atomic E-state index is 0. The minimum Gasteiger partial charge on any atom is -0.454 e. The topological polar surface area (TPSA) is 67.4 Å². The first-order chi connectivity index (χ1) is 12.8. The zero-order valence-corrected chi connectivity index (χ0v) is 18.5. The van der Waals surface area contributed by atoms with Crippen molar-refractivity contribution >= 4 is 29.9 Å². The average Bonchev–Trinajstić information content (AvgIpc) is 3.30. The van der Waals surface area contributed by atoms with Gasteiger partial charge in [0.25, 0.3) is 0 Å². The van der Waals surface area contributed by atoms with Crippen molar-refractivity contribution in [3.8, 4) is 11.5 Å². The maximum absolute atomic E-state index is 5.43. The van der Waals surface area contributed by atoms with E-state index in [0.29, 0.717) is 19.4 Å². The number of ether oxygens (including phenoxy) is 3. The maximum atomic E-state index is 5.43. The Morgan fingerprint density at radius 2 is 2.15 bits per heavy atom. The molecule has 27 heavy (non-hydrogen) atoms. The van der Waals surface area contributed by atoms with Gasteiger partial charge in [-0.05, 0) is 44.0 Å². The summed E-state index contributed by atoms with van der Waals surface area (Å²) in [4.78, 5) is 7.21. The molecule has 1 aromatic rings. The van der Waals surface area contributed by atoms with Crippen LogP contribution in [0.3, 0.4) is 0 Å². The Kier molecular flexibility index (Phi) is 9.43. The van der Waals surface area contributed by atoms with E-state index in [2.05, 4.69) is 22.5 Å². The van der Waals surface area contributed by atoms with Crippen LogP contribution < -0.4 is 20.1 Å². The van der Waals surface area contributed by atoms with Gasteiger partial charge in [-0.1, -0.05) is 6.07 Å². The number of methoxy groups -OCH3 is 1. The van der Waals surface area contributed by atoms with E-state index in [-0.39, 0.29) is 24.0 Å². The summed E-state index contributed by atoms with van der Waals surface area (Å²) in [5.74, 6) is 2.46. The number of hydrogen-bond donors (Lipinski definition) is 2. The summed E-state index contributed by atoms with van der Waals surface area (Å²) in [6, 6.07) is 6.52. The highest BCUT2D eigenvalue weighted by molar-refractivity contribution is 14.0. The highest BCUT2D eigenvalue weighted by atomic mass is 127. The van der Waals surface area contributed by atoms with Crippen molar-refractivity contribution in [2.75, 3.05) is 46.7 Å². The molecule has 7 nitrogen and oxygen atoms in total. The summed E-state index contributed by atoms with van der Waals surface area (Å²) in [7, 11) is 1.76. The molecule has 0 radical (unpaired) electrons. The van der Waals surface area contributed by atoms with Gasteiger partial charge in [0.2, 0.25) is 6.79 Å². The first-order valence-electron chi connectivity index (χ1n) is 9.44. The van der Waals surface area contributed by atoms with Gasteiger partial charge in [0.05, 0.1) is 13.2 Å². The van der Waals surface area contributed by atoms with E-state index in [1.54, 1.807) is 7.11 Å². The zero-order valence-electron chi connectivity index (χ0n) is 16.2. The summed E-state index contributed by atoms with van der Waals surface area (Å²) in [6.07, 6.45) is 2.47. The van der Waals surface area contributed by atoms with Crippen LogP contribution >= 0.6 is 24.0 Å². The number of aliphatic imine (C=N–C) groups is 1. The summed E-state index contributed by atoms with van der Waals surface area (Å²) in [6.45, 7) is 7.65. The molecule has 0 bridgehead atoms. The third-order valence-corrected chi connectivity index (χ3v) is 4.79. The predicted molar refractivity (Wildman–Crippen MR) is 117 cm³/mol. The lowest BCUT2D eigenvalue weighted by molar-refractivity contribution is 0.141. The normalized spacial score (nSPS) is 19.0. The van der Waals surface area contributed by atoms with Crippen molar-refractivity contribution in [1.82, 2.24) is 15.5 Å². The average molecular weight is 490 g/mol. The van der Waals surface area contributed by atoms with E-state index < -0.39 is 0 Å². The lowest BCUT2D eigenvalue weighted by Gasteiger charge is -2.25. The molecule has 0 aliphatic carbocycles. The van der Waals surface area contributed by atoms with Crippen LogP contribution in [0, 0.1) is 0 Å². The van der Waals surface area contributed by atoms with Crippen LogP contribution in [0.1, 0.15) is 25.3 Å². The molecular weight excluding hydrogens is 459 g/mol. The highest BCUT2D eigenvalue weighted by Gasteiger charge is 2.24. The van der Waals surface area contributed by atoms with Gasteiger partial charge in [-0.15, -0.1) is 24.0 Å². The number of hydrogen-bond acceptors (Lipinski definition) is 5. The molecule has 0 aromatic heterocycles. The van der Waals surface area contributed by atoms with Gasteiger partial charge in [-0.25, -0.2) is 4.99 Å². The smallest absolute Gasteiger partial charge is 0.231 e. The molecule has 2 N–H and O–H groups in total. The molecule has 1 aromatic carbocycles. The molecule has 0 saturated carbocycles. The number of guanidine groups is 1. The molecule has 152 valence electrons. The minimum atomic E-state index is 0. The number of likely N-dealkylation sites (tertiary alicyclic amines) is 1. The zero-order chi connectivity index (χ0) is 18.2. The van der Waals surface area contributed by atoms with E-state index in [1.807, 2.05) is 18.2 Å². The Morgan fingerprint density at radius 3 is 2.96 bits per heavy atom. The van der Waals surface area contributed by atoms with Gasteiger partial charge < -0.3 is 24.8 Å². The second-order valence-electron chi connectivity index (χ2n) is 6.59. The Hall–Kier alpha value is -1.26. The van der Waals surface area contributed by atoms with E-state index >= 15 is 0 Å². The van der Waals surface area contributed by atoms with E-state index in [0.717, 1.165) is 55.8 Å². The van der Waals surface area contributed by atoms with Crippen molar-refractivity contribution in [1.29, 1.82) is 0 Å². The lowest BCUT2D eigenvalue weighted by Crippen LogP contribution is -2.45. The number of nitrogens with one attached hydrogen (secondary N) is 2. The van der Waals surface area contributed by atoms with Crippen LogP contribution in [-0.4, -0.2) is 63.6 Å². The number of benzene rings is 1. The first-order valence-corrected chi connectivity index (χ1v) is 9.44. The molecule has 0 spiro atoms. The molecule has 2 heterocycles. The van der Waals surface area contributed by atoms with Crippen LogP contribution in [0.4, 0.5) is 0 Å². The second-order valence-corrected chi connectivity index (χ2v) is 6.59. The summed E-state index contributed by atoms with van der Waals surface area (Å²) >= 11 is 0. The molecule has 2 aliphatic heterocycles. The highest BCUT2D eigenvalue weighted by Crippen LogP contribution is 2.32. The fourth-order valence-corrected chi connectivity index (χ4v) is 3.40. The van der Waals surface area contributed by atoms with Gasteiger partial charge in [0, 0.05) is 32.8 Å². The molecule has 3 rings (SSSR count). The number of halogens is 1. The monoisotopic (exact) mass is 490 g/mol. The lowest BCUT2D eigenvalue weighted by atomic mass is 10.2. The van der Waals surface area contributed by atoms with Gasteiger partial charge in [0.15, 0.2) is 17.5 Å². The van der Waals surface area contributed by atoms with Crippen LogP contribution in [0.5, 0.6) is 11.5 Å². The Labute approximate surface area is 178 Å². The van der Waals surface area contributed by atoms with Crippen molar-refractivity contribution in [2.45, 2.75) is 32.4 Å². The van der Waals surface area contributed by atoms with Gasteiger partial charge >= 0.3 is 0 Å². The van der Waals surface area contributed by atoms with Crippen molar-refractivity contribution in [2.24, 2.45) is 4.99 Å². The van der Waals surface area contributed by atoms with Crippen molar-refractivity contribution in [3.63, 3.8) is 0 Å². The standard InChI is InChI=1S/C19H30N4O3.HI/c1-3-20-19(22-13-16-5-4-8-23(16)9-10-24-2)21-12-15-6-7-17-18(11-15)26-14-25-17;/h6-7,11,16H,3-5,8-10,12-14H2,1-2H3,(H2,20,21,22);1H. The number of nitrogens with zero attached hydrogens (tertiary/aromatic N) is 2. The SMILES string of the molecule is CCNC(=NCc1ccc2c(c1)OCO2)NCC1CCCN1CCOC.I. The molecule has 0 amide bonds. The Morgan fingerprint density at radius 1 is 1.30 bits per heavy atom. The quantitative estimate of drug-likeness (QED) is 0.331. The third kappa shape index (κ3) is 6.39. The molecule has 1 saturated heterocycles. The molecule has 1 atom stereocenters. The van der Waals surface area contributed by atoms with Crippen LogP contribution in [-0.2, 0) is 11.3 Å². The summed E-state index contributed by atoms with van der Waals surface area (Å²) in [5.41, 5.74) is 1.11. The van der Waals surface area contributed by atoms with E-state index in [4.69, 9.17) is 19.2 Å². The fourth-order valence-electron chi connectivity index (χ4n) is 3.40. The second kappa shape index (κ2) is 11.6. The summed E-state index contributed by atoms with van der Waals surface area (Å²) in [5, 5.41) is 6.82. The Bertz CT molecular complexity index is 615. The van der Waals surface area contributed by atoms with Crippen molar-refractivity contribution < 1.29 is 14.2 Å². The summed E-state index contributed by atoms with van der Waals surface area (Å²) < 4.78 is 16.0. The largest absolute Gasteiger partial charge is 0.454 e. The molecule has 8 heteroatoms. The van der Waals surface area contributed by atoms with Gasteiger partial charge in [-0.2, -0.15) is 0 Å². The fraction of sp³-hybridized carbons (Fsp3) is 0.632. The maximum Gasteiger partial charge on any atom is 0.231 e. The van der Waals surface area contributed by atoms with Crippen molar-refractivity contribution in [3.05, 3.63) is 23.8 Å². The van der Waals surface area contributed by atoms with E-state index in [1.165, 1.54) is 12.8 Å². The molecule has 1 unspecified atom stereocenters. The predicted octanol–water partition coefficient (Wildman–Crippen LogP) is 2.20. The first kappa shape index (κ1) is 22.0. The van der Waals surface area contributed by atoms with Gasteiger partial charge in [0.1, 0.15) is 0 Å².